The van der Waals surface area contributed by atoms with Crippen LogP contribution in [0.4, 0.5) is 0 Å². The van der Waals surface area contributed by atoms with Gasteiger partial charge in [0, 0.05) is 29.5 Å². The van der Waals surface area contributed by atoms with Crippen molar-refractivity contribution < 1.29 is 4.42 Å². The van der Waals surface area contributed by atoms with Crippen LogP contribution in [0.15, 0.2) is 23.0 Å². The molecule has 3 heteroatoms. The molecule has 0 aliphatic carbocycles. The fourth-order valence-electron chi connectivity index (χ4n) is 1.56. The zero-order valence-corrected chi connectivity index (χ0v) is 7.53. The average molecular weight is 182 g/mol. The third-order valence-corrected chi connectivity index (χ3v) is 2.24. The first-order valence-electron chi connectivity index (χ1n) is 4.27. The summed E-state index contributed by atoms with van der Waals surface area (Å²) in [6.07, 6.45) is 7.91. The second-order valence-electron chi connectivity index (χ2n) is 3.17. The Morgan fingerprint density at radius 3 is 3.07 bits per heavy atom. The molecule has 0 aliphatic rings. The van der Waals surface area contributed by atoms with Crippen molar-refractivity contribution in [3.63, 3.8) is 0 Å². The molecule has 0 aliphatic heterocycles. The van der Waals surface area contributed by atoms with Crippen LogP contribution in [0.2, 0.25) is 0 Å². The Bertz CT molecular complexity index is 613. The summed E-state index contributed by atoms with van der Waals surface area (Å²) in [6.45, 7) is 1.97. The molecule has 0 aromatic carbocycles. The van der Waals surface area contributed by atoms with Gasteiger partial charge in [-0.2, -0.15) is 0 Å². The monoisotopic (exact) mass is 182 g/mol. The lowest BCUT2D eigenvalue weighted by atomic mass is 10.2. The number of aryl methyl sites for hydroxylation is 1. The summed E-state index contributed by atoms with van der Waals surface area (Å²) in [6, 6.07) is 2.84. The van der Waals surface area contributed by atoms with Crippen molar-refractivity contribution in [1.29, 1.82) is 0 Å². The number of aromatic nitrogens is 2. The van der Waals surface area contributed by atoms with Gasteiger partial charge in [0.1, 0.15) is 5.58 Å². The highest BCUT2D eigenvalue weighted by molar-refractivity contribution is 6.04. The Kier molecular flexibility index (Phi) is 1.29. The molecule has 0 saturated heterocycles. The summed E-state index contributed by atoms with van der Waals surface area (Å²) < 4.78 is 5.62. The van der Waals surface area contributed by atoms with Crippen molar-refractivity contribution in [2.45, 2.75) is 6.92 Å². The van der Waals surface area contributed by atoms with Gasteiger partial charge in [0.2, 0.25) is 0 Å². The molecule has 0 saturated carbocycles. The van der Waals surface area contributed by atoms with Crippen molar-refractivity contribution >= 4 is 21.9 Å². The Labute approximate surface area is 80.4 Å². The van der Waals surface area contributed by atoms with Crippen molar-refractivity contribution in [1.82, 2.24) is 9.97 Å². The largest absolute Gasteiger partial charge is 0.447 e. The third-order valence-electron chi connectivity index (χ3n) is 2.24. The molecule has 3 nitrogen and oxygen atoms in total. The highest BCUT2D eigenvalue weighted by Crippen LogP contribution is 2.27. The summed E-state index contributed by atoms with van der Waals surface area (Å²) in [5.41, 5.74) is 2.56. The number of furan rings is 1. The van der Waals surface area contributed by atoms with Crippen LogP contribution in [0.25, 0.3) is 21.9 Å². The molecule has 0 bridgehead atoms. The van der Waals surface area contributed by atoms with Gasteiger partial charge in [-0.1, -0.05) is 0 Å². The maximum Gasteiger partial charge on any atom is 0.188 e. The number of pyridine rings is 1. The van der Waals surface area contributed by atoms with Crippen LogP contribution < -0.4 is 0 Å². The first kappa shape index (κ1) is 7.34. The van der Waals surface area contributed by atoms with E-state index >= 15 is 0 Å². The van der Waals surface area contributed by atoms with Gasteiger partial charge in [-0.05, 0) is 13.0 Å². The number of fused-ring (bicyclic) bond motifs is 3. The highest BCUT2D eigenvalue weighted by atomic mass is 16.3. The minimum absolute atomic E-state index is 0.686. The van der Waals surface area contributed by atoms with Gasteiger partial charge in [0.15, 0.2) is 5.58 Å². The molecule has 3 rings (SSSR count). The van der Waals surface area contributed by atoms with Crippen LogP contribution in [0.1, 0.15) is 5.56 Å². The molecule has 14 heavy (non-hydrogen) atoms. The van der Waals surface area contributed by atoms with Crippen LogP contribution in [-0.2, 0) is 0 Å². The standard InChI is InChI=1S/C11H6N2O/c1-7-4-13-6-9-8-5-12-3-2-10(8)14-11(7)9/h4-6H,1H3. The maximum atomic E-state index is 5.62. The topological polar surface area (TPSA) is 38.9 Å². The minimum atomic E-state index is 0.686. The first-order valence-corrected chi connectivity index (χ1v) is 4.27. The molecule has 3 aromatic rings. The summed E-state index contributed by atoms with van der Waals surface area (Å²) >= 11 is 0. The summed E-state index contributed by atoms with van der Waals surface area (Å²) in [4.78, 5) is 8.02. The van der Waals surface area contributed by atoms with E-state index in [0.29, 0.717) is 5.58 Å². The van der Waals surface area contributed by atoms with Crippen molar-refractivity contribution in [3.05, 3.63) is 36.4 Å². The normalized spacial score (nSPS) is 10.6. The fourth-order valence-corrected chi connectivity index (χ4v) is 1.56. The van der Waals surface area contributed by atoms with Gasteiger partial charge in [-0.25, -0.2) is 4.98 Å². The molecule has 0 fully saturated rings. The smallest absolute Gasteiger partial charge is 0.188 e. The number of rotatable bonds is 0. The van der Waals surface area contributed by atoms with Crippen LogP contribution in [0.3, 0.4) is 0 Å². The van der Waals surface area contributed by atoms with Crippen LogP contribution in [0, 0.1) is 19.2 Å². The summed E-state index contributed by atoms with van der Waals surface area (Å²) in [5.74, 6) is 0. The second kappa shape index (κ2) is 2.46. The Hall–Kier alpha value is -2.08. The SMILES string of the molecule is Cc1cncc2c1oc1c#cncc12. The Balaban J connectivity index is 2.63. The van der Waals surface area contributed by atoms with Gasteiger partial charge in [0.05, 0.1) is 11.6 Å². The van der Waals surface area contributed by atoms with E-state index in [1.165, 1.54) is 0 Å². The molecule has 0 radical (unpaired) electrons. The maximum absolute atomic E-state index is 5.62. The lowest BCUT2D eigenvalue weighted by molar-refractivity contribution is 0.665. The van der Waals surface area contributed by atoms with Crippen molar-refractivity contribution in [2.24, 2.45) is 0 Å². The lowest BCUT2D eigenvalue weighted by Crippen LogP contribution is -1.76. The van der Waals surface area contributed by atoms with Crippen molar-refractivity contribution in [2.75, 3.05) is 0 Å². The second-order valence-corrected chi connectivity index (χ2v) is 3.17. The van der Waals surface area contributed by atoms with E-state index in [0.717, 1.165) is 21.9 Å². The predicted octanol–water partition coefficient (Wildman–Crippen LogP) is 2.28. The fraction of sp³-hybridized carbons (Fsp3) is 0.0909. The first-order chi connectivity index (χ1) is 6.86. The van der Waals surface area contributed by atoms with Crippen LogP contribution in [-0.4, -0.2) is 9.97 Å². The molecular formula is C11H6N2O. The number of hydrogen-bond acceptors (Lipinski definition) is 3. The molecule has 3 heterocycles. The highest BCUT2D eigenvalue weighted by Gasteiger charge is 2.07. The van der Waals surface area contributed by atoms with E-state index in [1.807, 2.05) is 6.92 Å². The van der Waals surface area contributed by atoms with E-state index in [-0.39, 0.29) is 0 Å². The predicted molar refractivity (Wildman–Crippen MR) is 51.7 cm³/mol. The van der Waals surface area contributed by atoms with Crippen molar-refractivity contribution in [3.8, 4) is 0 Å². The minimum Gasteiger partial charge on any atom is -0.447 e. The number of nitrogens with zero attached hydrogens (tertiary/aromatic N) is 2. The molecular weight excluding hydrogens is 176 g/mol. The van der Waals surface area contributed by atoms with E-state index in [2.05, 4.69) is 22.2 Å². The zero-order chi connectivity index (χ0) is 9.54. The quantitative estimate of drug-likeness (QED) is 0.535. The van der Waals surface area contributed by atoms with Gasteiger partial charge >= 0.3 is 0 Å². The van der Waals surface area contributed by atoms with E-state index in [4.69, 9.17) is 4.42 Å². The number of hydrogen-bond donors (Lipinski definition) is 0. The molecule has 0 atom stereocenters. The molecule has 0 spiro atoms. The Morgan fingerprint density at radius 1 is 1.21 bits per heavy atom. The molecule has 0 amide bonds. The lowest BCUT2D eigenvalue weighted by Gasteiger charge is -1.90. The van der Waals surface area contributed by atoms with Gasteiger partial charge < -0.3 is 4.42 Å². The van der Waals surface area contributed by atoms with Crippen LogP contribution in [0.5, 0.6) is 0 Å². The molecule has 0 N–H and O–H groups in total. The van der Waals surface area contributed by atoms with E-state index < -0.39 is 0 Å². The van der Waals surface area contributed by atoms with Gasteiger partial charge in [-0.3, -0.25) is 4.98 Å². The Morgan fingerprint density at radius 2 is 2.14 bits per heavy atom. The average Bonchev–Trinajstić information content (AvgIpc) is 2.59. The molecule has 0 unspecified atom stereocenters. The third kappa shape index (κ3) is 0.826. The van der Waals surface area contributed by atoms with Gasteiger partial charge in [0.25, 0.3) is 0 Å². The summed E-state index contributed by atoms with van der Waals surface area (Å²) in [7, 11) is 0. The summed E-state index contributed by atoms with van der Waals surface area (Å²) in [5, 5.41) is 1.92. The molecule has 66 valence electrons. The van der Waals surface area contributed by atoms with Crippen LogP contribution >= 0.6 is 0 Å². The molecule has 3 aromatic heterocycles. The van der Waals surface area contributed by atoms with Gasteiger partial charge in [-0.15, -0.1) is 0 Å². The van der Waals surface area contributed by atoms with E-state index in [9.17, 15) is 0 Å². The zero-order valence-electron chi connectivity index (χ0n) is 7.53. The van der Waals surface area contributed by atoms with E-state index in [1.54, 1.807) is 18.6 Å².